The Bertz CT molecular complexity index is 801. The van der Waals surface area contributed by atoms with E-state index in [-0.39, 0.29) is 6.04 Å². The maximum Gasteiger partial charge on any atom is 0.256 e. The van der Waals surface area contributed by atoms with Crippen LogP contribution < -0.4 is 4.74 Å². The molecular formula is C18H16ClN3O2. The number of carbonyl (C=O) groups is 1. The van der Waals surface area contributed by atoms with Gasteiger partial charge in [-0.05, 0) is 59.2 Å². The van der Waals surface area contributed by atoms with Crippen LogP contribution in [0.4, 0.5) is 0 Å². The van der Waals surface area contributed by atoms with Gasteiger partial charge in [-0.2, -0.15) is 0 Å². The number of rotatable bonds is 5. The molecule has 0 N–H and O–H groups in total. The molecule has 6 heteroatoms. The van der Waals surface area contributed by atoms with E-state index >= 15 is 0 Å². The highest BCUT2D eigenvalue weighted by atomic mass is 35.5. The van der Waals surface area contributed by atoms with Gasteiger partial charge < -0.3 is 4.74 Å². The molecule has 0 aromatic heterocycles. The highest BCUT2D eigenvalue weighted by Gasteiger charge is 2.25. The standard InChI is InChI=1S/C18H16ClN3O2/c19-18(23)17-15-8-7-14(21-22-20)10-13(15)6-9-16(17)24-11-12-4-2-1-3-5-12/h1-6,9,14H,7-8,10-11H2. The largest absolute Gasteiger partial charge is 0.488 e. The fourth-order valence-corrected chi connectivity index (χ4v) is 3.26. The third kappa shape index (κ3) is 3.53. The highest BCUT2D eigenvalue weighted by Crippen LogP contribution is 2.33. The van der Waals surface area contributed by atoms with Crippen LogP contribution in [-0.2, 0) is 19.4 Å². The quantitative estimate of drug-likeness (QED) is 0.338. The molecule has 0 heterocycles. The Balaban J connectivity index is 1.88. The van der Waals surface area contributed by atoms with Crippen LogP contribution in [0, 0.1) is 0 Å². The number of fused-ring (bicyclic) bond motifs is 1. The van der Waals surface area contributed by atoms with Gasteiger partial charge in [0.05, 0.1) is 5.56 Å². The van der Waals surface area contributed by atoms with Crippen molar-refractivity contribution in [3.63, 3.8) is 0 Å². The van der Waals surface area contributed by atoms with Gasteiger partial charge in [-0.15, -0.1) is 0 Å². The number of halogens is 1. The van der Waals surface area contributed by atoms with Gasteiger partial charge in [0.15, 0.2) is 0 Å². The van der Waals surface area contributed by atoms with Crippen molar-refractivity contribution in [2.45, 2.75) is 31.9 Å². The molecule has 0 spiro atoms. The minimum atomic E-state index is -0.517. The predicted molar refractivity (Wildman–Crippen MR) is 92.4 cm³/mol. The molecule has 2 aromatic rings. The predicted octanol–water partition coefficient (Wildman–Crippen LogP) is 4.81. The molecular weight excluding hydrogens is 326 g/mol. The van der Waals surface area contributed by atoms with Crippen molar-refractivity contribution in [3.8, 4) is 5.75 Å². The molecule has 24 heavy (non-hydrogen) atoms. The molecule has 1 unspecified atom stereocenters. The van der Waals surface area contributed by atoms with Crippen LogP contribution in [-0.4, -0.2) is 11.3 Å². The summed E-state index contributed by atoms with van der Waals surface area (Å²) < 4.78 is 5.84. The van der Waals surface area contributed by atoms with Gasteiger partial charge in [0.1, 0.15) is 12.4 Å². The van der Waals surface area contributed by atoms with E-state index in [2.05, 4.69) is 10.0 Å². The Hall–Kier alpha value is -2.49. The van der Waals surface area contributed by atoms with E-state index < -0.39 is 5.24 Å². The van der Waals surface area contributed by atoms with Crippen LogP contribution in [0.25, 0.3) is 10.4 Å². The van der Waals surface area contributed by atoms with Crippen LogP contribution in [0.15, 0.2) is 47.6 Å². The van der Waals surface area contributed by atoms with Crippen molar-refractivity contribution in [1.29, 1.82) is 0 Å². The van der Waals surface area contributed by atoms with E-state index in [9.17, 15) is 4.79 Å². The Kier molecular flexibility index (Phi) is 5.04. The zero-order valence-corrected chi connectivity index (χ0v) is 13.7. The van der Waals surface area contributed by atoms with Gasteiger partial charge >= 0.3 is 0 Å². The summed E-state index contributed by atoms with van der Waals surface area (Å²) in [5.74, 6) is 0.500. The molecule has 122 valence electrons. The summed E-state index contributed by atoms with van der Waals surface area (Å²) in [6.07, 6.45) is 1.97. The first kappa shape index (κ1) is 16.4. The third-order valence-corrected chi connectivity index (χ3v) is 4.39. The molecule has 0 amide bonds. The van der Waals surface area contributed by atoms with Crippen molar-refractivity contribution < 1.29 is 9.53 Å². The monoisotopic (exact) mass is 341 g/mol. The van der Waals surface area contributed by atoms with E-state index in [1.807, 2.05) is 36.4 Å². The minimum absolute atomic E-state index is 0.0723. The second-order valence-electron chi connectivity index (χ2n) is 5.73. The SMILES string of the molecule is [N-]=[N+]=NC1CCc2c(ccc(OCc3ccccc3)c2C(=O)Cl)C1. The second-order valence-corrected chi connectivity index (χ2v) is 6.07. The summed E-state index contributed by atoms with van der Waals surface area (Å²) in [5, 5.41) is 3.27. The first-order valence-electron chi connectivity index (χ1n) is 7.74. The molecule has 0 aliphatic heterocycles. The van der Waals surface area contributed by atoms with Crippen molar-refractivity contribution in [3.05, 3.63) is 75.2 Å². The van der Waals surface area contributed by atoms with E-state index in [1.165, 1.54) is 0 Å². The Labute approximate surface area is 144 Å². The summed E-state index contributed by atoms with van der Waals surface area (Å²) in [5.41, 5.74) is 12.0. The summed E-state index contributed by atoms with van der Waals surface area (Å²) in [6.45, 7) is 0.373. The first-order valence-corrected chi connectivity index (χ1v) is 8.12. The lowest BCUT2D eigenvalue weighted by molar-refractivity contribution is 0.107. The number of nitrogens with zero attached hydrogens (tertiary/aromatic N) is 3. The van der Waals surface area contributed by atoms with Gasteiger partial charge in [-0.3, -0.25) is 4.79 Å². The lowest BCUT2D eigenvalue weighted by Crippen LogP contribution is -2.19. The average Bonchev–Trinajstić information content (AvgIpc) is 2.60. The van der Waals surface area contributed by atoms with Crippen LogP contribution in [0.5, 0.6) is 5.75 Å². The van der Waals surface area contributed by atoms with Gasteiger partial charge in [0, 0.05) is 11.0 Å². The van der Waals surface area contributed by atoms with E-state index in [4.69, 9.17) is 21.9 Å². The van der Waals surface area contributed by atoms with Crippen LogP contribution in [0.1, 0.15) is 33.5 Å². The molecule has 0 radical (unpaired) electrons. The van der Waals surface area contributed by atoms with Gasteiger partial charge in [0.2, 0.25) is 0 Å². The van der Waals surface area contributed by atoms with Crippen LogP contribution >= 0.6 is 11.6 Å². The first-order chi connectivity index (χ1) is 11.7. The van der Waals surface area contributed by atoms with Gasteiger partial charge in [-0.1, -0.05) is 41.5 Å². The summed E-state index contributed by atoms with van der Waals surface area (Å²) in [7, 11) is 0. The molecule has 0 bridgehead atoms. The number of carbonyl (C=O) groups excluding carboxylic acids is 1. The molecule has 0 fully saturated rings. The number of ether oxygens (including phenoxy) is 1. The fourth-order valence-electron chi connectivity index (χ4n) is 3.06. The summed E-state index contributed by atoms with van der Waals surface area (Å²) >= 11 is 5.82. The van der Waals surface area contributed by atoms with Gasteiger partial charge in [0.25, 0.3) is 5.24 Å². The van der Waals surface area contributed by atoms with Crippen molar-refractivity contribution in [2.75, 3.05) is 0 Å². The third-order valence-electron chi connectivity index (χ3n) is 4.20. The molecule has 5 nitrogen and oxygen atoms in total. The van der Waals surface area contributed by atoms with Gasteiger partial charge in [-0.25, -0.2) is 0 Å². The minimum Gasteiger partial charge on any atom is -0.488 e. The van der Waals surface area contributed by atoms with Crippen LogP contribution in [0.3, 0.4) is 0 Å². The van der Waals surface area contributed by atoms with Crippen molar-refractivity contribution >= 4 is 16.8 Å². The van der Waals surface area contributed by atoms with Crippen molar-refractivity contribution in [2.24, 2.45) is 5.11 Å². The zero-order valence-electron chi connectivity index (χ0n) is 13.0. The number of benzene rings is 2. The topological polar surface area (TPSA) is 75.1 Å². The highest BCUT2D eigenvalue weighted by molar-refractivity contribution is 6.68. The zero-order chi connectivity index (χ0) is 16.9. The van der Waals surface area contributed by atoms with E-state index in [0.717, 1.165) is 16.7 Å². The molecule has 1 aliphatic rings. The molecule has 3 rings (SSSR count). The molecule has 2 aromatic carbocycles. The Morgan fingerprint density at radius 3 is 2.79 bits per heavy atom. The fraction of sp³-hybridized carbons (Fsp3) is 0.278. The van der Waals surface area contributed by atoms with Crippen molar-refractivity contribution in [1.82, 2.24) is 0 Å². The molecule has 1 atom stereocenters. The second kappa shape index (κ2) is 7.39. The van der Waals surface area contributed by atoms with E-state index in [0.29, 0.717) is 37.2 Å². The Morgan fingerprint density at radius 1 is 1.29 bits per heavy atom. The van der Waals surface area contributed by atoms with Crippen LogP contribution in [0.2, 0.25) is 0 Å². The summed E-state index contributed by atoms with van der Waals surface area (Å²) in [4.78, 5) is 14.8. The number of hydrogen-bond donors (Lipinski definition) is 0. The Morgan fingerprint density at radius 2 is 2.08 bits per heavy atom. The number of hydrogen-bond acceptors (Lipinski definition) is 3. The average molecular weight is 342 g/mol. The maximum atomic E-state index is 12.0. The lowest BCUT2D eigenvalue weighted by Gasteiger charge is -2.24. The smallest absolute Gasteiger partial charge is 0.256 e. The lowest BCUT2D eigenvalue weighted by atomic mass is 9.85. The molecule has 0 saturated heterocycles. The maximum absolute atomic E-state index is 12.0. The van der Waals surface area contributed by atoms with E-state index in [1.54, 1.807) is 6.07 Å². The molecule has 0 saturated carbocycles. The number of azide groups is 1. The normalized spacial score (nSPS) is 16.0. The summed E-state index contributed by atoms with van der Waals surface area (Å²) in [6, 6.07) is 13.4. The molecule has 1 aliphatic carbocycles.